The minimum atomic E-state index is -0.437. The number of nitrogens with two attached hydrogens (primary N) is 1. The van der Waals surface area contributed by atoms with E-state index in [9.17, 15) is 9.59 Å². The van der Waals surface area contributed by atoms with E-state index in [2.05, 4.69) is 10.7 Å². The topological polar surface area (TPSA) is 97.3 Å². The number of nitrogens with zero attached hydrogens (tertiary/aromatic N) is 3. The lowest BCUT2D eigenvalue weighted by atomic mass is 10.2. The van der Waals surface area contributed by atoms with Gasteiger partial charge in [0.1, 0.15) is 11.6 Å². The van der Waals surface area contributed by atoms with E-state index in [0.717, 1.165) is 16.0 Å². The molecule has 0 fully saturated rings. The van der Waals surface area contributed by atoms with Crippen molar-refractivity contribution in [2.45, 2.75) is 6.67 Å². The van der Waals surface area contributed by atoms with Crippen molar-refractivity contribution < 1.29 is 0 Å². The average Bonchev–Trinajstić information content (AvgIpc) is 2.87. The number of rotatable bonds is 3. The summed E-state index contributed by atoms with van der Waals surface area (Å²) in [6, 6.07) is 9.72. The summed E-state index contributed by atoms with van der Waals surface area (Å²) in [5, 5.41) is 3.14. The summed E-state index contributed by atoms with van der Waals surface area (Å²) in [4.78, 5) is 26.6. The molecule has 2 heterocycles. The molecule has 1 aliphatic heterocycles. The lowest BCUT2D eigenvalue weighted by Gasteiger charge is -2.14. The SMILES string of the molecule is CN1C(=Cc2ccccc2)Nc2c1c(=O)n(CNN)c(=O)n2C. The van der Waals surface area contributed by atoms with E-state index in [1.54, 1.807) is 19.0 Å². The summed E-state index contributed by atoms with van der Waals surface area (Å²) >= 11 is 0. The molecule has 0 spiro atoms. The Balaban J connectivity index is 2.13. The number of nitrogens with one attached hydrogen (secondary N) is 2. The molecule has 8 heteroatoms. The first-order chi connectivity index (χ1) is 11.0. The van der Waals surface area contributed by atoms with Crippen LogP contribution in [0.25, 0.3) is 6.08 Å². The van der Waals surface area contributed by atoms with Gasteiger partial charge in [-0.05, 0) is 11.6 Å². The van der Waals surface area contributed by atoms with Crippen LogP contribution in [0.2, 0.25) is 0 Å². The summed E-state index contributed by atoms with van der Waals surface area (Å²) in [6.45, 7) is -0.0512. The van der Waals surface area contributed by atoms with Gasteiger partial charge in [0, 0.05) is 14.1 Å². The van der Waals surface area contributed by atoms with Crippen molar-refractivity contribution in [1.29, 1.82) is 0 Å². The predicted molar refractivity (Wildman–Crippen MR) is 89.7 cm³/mol. The molecule has 8 nitrogen and oxygen atoms in total. The Morgan fingerprint density at radius 3 is 2.57 bits per heavy atom. The molecule has 0 amide bonds. The van der Waals surface area contributed by atoms with Gasteiger partial charge in [-0.2, -0.15) is 0 Å². The van der Waals surface area contributed by atoms with Crippen LogP contribution in [0, 0.1) is 0 Å². The third-order valence-electron chi connectivity index (χ3n) is 3.82. The zero-order chi connectivity index (χ0) is 16.6. The molecule has 0 radical (unpaired) electrons. The first kappa shape index (κ1) is 15.1. The van der Waals surface area contributed by atoms with E-state index in [-0.39, 0.29) is 6.67 Å². The highest BCUT2D eigenvalue weighted by Crippen LogP contribution is 2.31. The van der Waals surface area contributed by atoms with Gasteiger partial charge in [0.05, 0.1) is 6.67 Å². The molecule has 2 aromatic rings. The van der Waals surface area contributed by atoms with E-state index < -0.39 is 11.2 Å². The van der Waals surface area contributed by atoms with Crippen LogP contribution in [-0.2, 0) is 13.7 Å². The van der Waals surface area contributed by atoms with E-state index >= 15 is 0 Å². The fourth-order valence-corrected chi connectivity index (χ4v) is 2.59. The van der Waals surface area contributed by atoms with Crippen LogP contribution in [-0.4, -0.2) is 16.2 Å². The highest BCUT2D eigenvalue weighted by atomic mass is 16.2. The van der Waals surface area contributed by atoms with Gasteiger partial charge >= 0.3 is 5.69 Å². The van der Waals surface area contributed by atoms with E-state index in [0.29, 0.717) is 11.5 Å². The van der Waals surface area contributed by atoms with Gasteiger partial charge in [0.25, 0.3) is 5.56 Å². The molecule has 3 rings (SSSR count). The fraction of sp³-hybridized carbons (Fsp3) is 0.200. The van der Waals surface area contributed by atoms with Crippen molar-refractivity contribution in [3.8, 4) is 0 Å². The van der Waals surface area contributed by atoms with Gasteiger partial charge in [-0.3, -0.25) is 15.2 Å². The Bertz CT molecular complexity index is 881. The van der Waals surface area contributed by atoms with Gasteiger partial charge in [-0.1, -0.05) is 30.3 Å². The molecule has 0 aliphatic carbocycles. The van der Waals surface area contributed by atoms with Gasteiger partial charge in [-0.15, -0.1) is 0 Å². The minimum Gasteiger partial charge on any atom is -0.326 e. The number of aromatic nitrogens is 2. The Kier molecular flexibility index (Phi) is 3.77. The molecule has 1 aromatic carbocycles. The van der Waals surface area contributed by atoms with Crippen LogP contribution >= 0.6 is 0 Å². The maximum Gasteiger partial charge on any atom is 0.333 e. The molecule has 0 bridgehead atoms. The molecule has 0 unspecified atom stereocenters. The van der Waals surface area contributed by atoms with Crippen LogP contribution in [0.3, 0.4) is 0 Å². The third-order valence-corrected chi connectivity index (χ3v) is 3.82. The number of fused-ring (bicyclic) bond motifs is 1. The quantitative estimate of drug-likeness (QED) is 0.537. The molecule has 23 heavy (non-hydrogen) atoms. The van der Waals surface area contributed by atoms with Gasteiger partial charge < -0.3 is 10.2 Å². The second-order valence-corrected chi connectivity index (χ2v) is 5.26. The number of anilines is 2. The van der Waals surface area contributed by atoms with Crippen molar-refractivity contribution in [1.82, 2.24) is 14.6 Å². The van der Waals surface area contributed by atoms with Crippen LogP contribution in [0.1, 0.15) is 5.56 Å². The summed E-state index contributed by atoms with van der Waals surface area (Å²) < 4.78 is 2.46. The normalized spacial score (nSPS) is 14.9. The molecule has 1 aromatic heterocycles. The largest absolute Gasteiger partial charge is 0.333 e. The molecular formula is C15H18N6O2. The predicted octanol–water partition coefficient (Wildman–Crippen LogP) is -0.172. The maximum absolute atomic E-state index is 12.6. The summed E-state index contributed by atoms with van der Waals surface area (Å²) in [7, 11) is 3.39. The van der Waals surface area contributed by atoms with Crippen molar-refractivity contribution in [2.75, 3.05) is 17.3 Å². The summed E-state index contributed by atoms with van der Waals surface area (Å²) in [5.74, 6) is 6.45. The van der Waals surface area contributed by atoms with Crippen LogP contribution in [0.15, 0.2) is 45.7 Å². The third kappa shape index (κ3) is 2.43. The van der Waals surface area contributed by atoms with Gasteiger partial charge in [0.15, 0.2) is 5.69 Å². The first-order valence-corrected chi connectivity index (χ1v) is 7.09. The average molecular weight is 314 g/mol. The Labute approximate surface area is 132 Å². The monoisotopic (exact) mass is 314 g/mol. The van der Waals surface area contributed by atoms with E-state index in [4.69, 9.17) is 5.84 Å². The highest BCUT2D eigenvalue weighted by molar-refractivity contribution is 5.80. The van der Waals surface area contributed by atoms with E-state index in [1.165, 1.54) is 4.57 Å². The molecule has 4 N–H and O–H groups in total. The summed E-state index contributed by atoms with van der Waals surface area (Å²) in [6.07, 6.45) is 1.91. The molecular weight excluding hydrogens is 296 g/mol. The molecule has 0 saturated heterocycles. The second kappa shape index (κ2) is 5.75. The molecule has 0 atom stereocenters. The summed E-state index contributed by atoms with van der Waals surface area (Å²) in [5.41, 5.74) is 2.91. The Hall–Kier alpha value is -2.84. The zero-order valence-corrected chi connectivity index (χ0v) is 12.9. The van der Waals surface area contributed by atoms with Crippen molar-refractivity contribution in [3.05, 3.63) is 62.6 Å². The second-order valence-electron chi connectivity index (χ2n) is 5.26. The number of hydrogen-bond acceptors (Lipinski definition) is 6. The standard InChI is InChI=1S/C15H18N6O2/c1-19-11(8-10-6-4-3-5-7-10)18-13-12(19)14(22)21(9-17-16)15(23)20(13)2/h3-8,17-18H,9,16H2,1-2H3. The minimum absolute atomic E-state index is 0.0512. The van der Waals surface area contributed by atoms with Crippen molar-refractivity contribution >= 4 is 17.6 Å². The smallest absolute Gasteiger partial charge is 0.326 e. The number of hydrogen-bond donors (Lipinski definition) is 3. The van der Waals surface area contributed by atoms with Crippen LogP contribution in [0.5, 0.6) is 0 Å². The van der Waals surface area contributed by atoms with Crippen LogP contribution in [0.4, 0.5) is 11.5 Å². The fourth-order valence-electron chi connectivity index (χ4n) is 2.59. The molecule has 0 saturated carbocycles. The zero-order valence-electron chi connectivity index (χ0n) is 12.9. The number of benzene rings is 1. The highest BCUT2D eigenvalue weighted by Gasteiger charge is 2.28. The maximum atomic E-state index is 12.6. The first-order valence-electron chi connectivity index (χ1n) is 7.09. The number of hydrazine groups is 1. The molecule has 1 aliphatic rings. The van der Waals surface area contributed by atoms with Crippen LogP contribution < -0.4 is 32.7 Å². The van der Waals surface area contributed by atoms with Gasteiger partial charge in [-0.25, -0.2) is 14.8 Å². The molecule has 120 valence electrons. The lowest BCUT2D eigenvalue weighted by molar-refractivity contribution is 0.522. The van der Waals surface area contributed by atoms with Crippen molar-refractivity contribution in [3.63, 3.8) is 0 Å². The Morgan fingerprint density at radius 1 is 1.22 bits per heavy atom. The van der Waals surface area contributed by atoms with Gasteiger partial charge in [0.2, 0.25) is 0 Å². The lowest BCUT2D eigenvalue weighted by Crippen LogP contribution is -2.44. The Morgan fingerprint density at radius 2 is 1.91 bits per heavy atom. The van der Waals surface area contributed by atoms with E-state index in [1.807, 2.05) is 36.4 Å². The van der Waals surface area contributed by atoms with Crippen molar-refractivity contribution in [2.24, 2.45) is 12.9 Å².